The molecule has 2 atom stereocenters. The summed E-state index contributed by atoms with van der Waals surface area (Å²) in [6.45, 7) is 12.5. The second kappa shape index (κ2) is 4.19. The molecule has 14 heavy (non-hydrogen) atoms. The molecule has 0 aromatic rings. The van der Waals surface area contributed by atoms with Gasteiger partial charge in [0.2, 0.25) is 0 Å². The number of hydrogen-bond donors (Lipinski definition) is 1. The third-order valence-electron chi connectivity index (χ3n) is 3.86. The maximum atomic E-state index is 6.33. The van der Waals surface area contributed by atoms with E-state index in [-0.39, 0.29) is 0 Å². The van der Waals surface area contributed by atoms with Gasteiger partial charge in [0, 0.05) is 18.1 Å². The van der Waals surface area contributed by atoms with Crippen LogP contribution in [0.15, 0.2) is 0 Å². The second-order valence-electron chi connectivity index (χ2n) is 5.54. The van der Waals surface area contributed by atoms with E-state index in [2.05, 4.69) is 39.5 Å². The van der Waals surface area contributed by atoms with Crippen molar-refractivity contribution < 1.29 is 0 Å². The van der Waals surface area contributed by atoms with Crippen molar-refractivity contribution in [3.05, 3.63) is 0 Å². The van der Waals surface area contributed by atoms with Crippen molar-refractivity contribution in [2.75, 3.05) is 6.54 Å². The molecule has 2 N–H and O–H groups in total. The average molecular weight is 198 g/mol. The molecular formula is C12H26N2. The lowest BCUT2D eigenvalue weighted by Gasteiger charge is -2.36. The fraction of sp³-hybridized carbons (Fsp3) is 1.00. The van der Waals surface area contributed by atoms with Crippen LogP contribution in [-0.4, -0.2) is 29.6 Å². The van der Waals surface area contributed by atoms with Gasteiger partial charge in [0.15, 0.2) is 0 Å². The minimum absolute atomic E-state index is 0.326. The summed E-state index contributed by atoms with van der Waals surface area (Å²) in [5.74, 6) is 0. The van der Waals surface area contributed by atoms with Crippen LogP contribution in [0.2, 0.25) is 0 Å². The van der Waals surface area contributed by atoms with E-state index in [1.807, 2.05) is 0 Å². The Morgan fingerprint density at radius 3 is 2.29 bits per heavy atom. The highest BCUT2D eigenvalue weighted by Crippen LogP contribution is 2.38. The zero-order chi connectivity index (χ0) is 10.9. The quantitative estimate of drug-likeness (QED) is 0.753. The lowest BCUT2D eigenvalue weighted by Crippen LogP contribution is -2.51. The largest absolute Gasteiger partial charge is 0.326 e. The molecule has 1 fully saturated rings. The summed E-state index contributed by atoms with van der Waals surface area (Å²) in [7, 11) is 0. The van der Waals surface area contributed by atoms with Crippen molar-refractivity contribution >= 4 is 0 Å². The van der Waals surface area contributed by atoms with Crippen LogP contribution < -0.4 is 5.73 Å². The van der Waals surface area contributed by atoms with E-state index in [0.717, 1.165) is 6.54 Å². The second-order valence-corrected chi connectivity index (χ2v) is 5.54. The summed E-state index contributed by atoms with van der Waals surface area (Å²) in [5.41, 5.74) is 6.66. The van der Waals surface area contributed by atoms with Gasteiger partial charge >= 0.3 is 0 Å². The first kappa shape index (κ1) is 12.0. The van der Waals surface area contributed by atoms with Crippen LogP contribution >= 0.6 is 0 Å². The van der Waals surface area contributed by atoms with Crippen molar-refractivity contribution in [3.63, 3.8) is 0 Å². The highest BCUT2D eigenvalue weighted by Gasteiger charge is 2.42. The topological polar surface area (TPSA) is 29.3 Å². The number of nitrogens with zero attached hydrogens (tertiary/aromatic N) is 1. The van der Waals surface area contributed by atoms with Crippen LogP contribution in [0.1, 0.15) is 47.5 Å². The first-order valence-electron chi connectivity index (χ1n) is 5.91. The van der Waals surface area contributed by atoms with E-state index in [1.54, 1.807) is 0 Å². The molecule has 1 saturated carbocycles. The molecule has 0 aliphatic heterocycles. The molecule has 0 aromatic heterocycles. The summed E-state index contributed by atoms with van der Waals surface area (Å²) < 4.78 is 0. The highest BCUT2D eigenvalue weighted by atomic mass is 15.2. The lowest BCUT2D eigenvalue weighted by molar-refractivity contribution is 0.136. The van der Waals surface area contributed by atoms with Gasteiger partial charge in [0.05, 0.1) is 0 Å². The van der Waals surface area contributed by atoms with E-state index in [0.29, 0.717) is 23.5 Å². The predicted molar refractivity (Wildman–Crippen MR) is 62.3 cm³/mol. The van der Waals surface area contributed by atoms with Gasteiger partial charge in [-0.15, -0.1) is 0 Å². The van der Waals surface area contributed by atoms with Gasteiger partial charge in [-0.3, -0.25) is 4.90 Å². The maximum absolute atomic E-state index is 6.33. The summed E-state index contributed by atoms with van der Waals surface area (Å²) in [6.07, 6.45) is 2.53. The Kier molecular flexibility index (Phi) is 3.59. The van der Waals surface area contributed by atoms with E-state index in [4.69, 9.17) is 5.73 Å². The number of hydrogen-bond acceptors (Lipinski definition) is 2. The first-order valence-corrected chi connectivity index (χ1v) is 5.91. The third kappa shape index (κ3) is 2.12. The standard InChI is InChI=1S/C12H26N2/c1-6-14(9(2)3)10-7-8-12(4,5)11(10)13/h9-11H,6-8,13H2,1-5H3. The average Bonchev–Trinajstić information content (AvgIpc) is 2.32. The molecule has 0 heterocycles. The van der Waals surface area contributed by atoms with Crippen molar-refractivity contribution in [1.82, 2.24) is 4.90 Å². The van der Waals surface area contributed by atoms with Gasteiger partial charge in [0.25, 0.3) is 0 Å². The van der Waals surface area contributed by atoms with Crippen LogP contribution in [0.5, 0.6) is 0 Å². The van der Waals surface area contributed by atoms with Gasteiger partial charge in [-0.05, 0) is 38.6 Å². The number of nitrogens with two attached hydrogens (primary N) is 1. The molecule has 0 spiro atoms. The number of rotatable bonds is 3. The molecule has 2 unspecified atom stereocenters. The Labute approximate surface area is 88.8 Å². The summed E-state index contributed by atoms with van der Waals surface area (Å²) in [5, 5.41) is 0. The first-order chi connectivity index (χ1) is 6.40. The van der Waals surface area contributed by atoms with E-state index >= 15 is 0 Å². The summed E-state index contributed by atoms with van der Waals surface area (Å²) in [6, 6.07) is 1.55. The van der Waals surface area contributed by atoms with Gasteiger partial charge in [-0.1, -0.05) is 20.8 Å². The lowest BCUT2D eigenvalue weighted by atomic mass is 9.87. The SMILES string of the molecule is CCN(C(C)C)C1CCC(C)(C)C1N. The van der Waals surface area contributed by atoms with Crippen LogP contribution in [-0.2, 0) is 0 Å². The zero-order valence-corrected chi connectivity index (χ0v) is 10.4. The maximum Gasteiger partial charge on any atom is 0.0255 e. The van der Waals surface area contributed by atoms with Crippen LogP contribution in [0.3, 0.4) is 0 Å². The molecule has 1 aliphatic rings. The van der Waals surface area contributed by atoms with Crippen molar-refractivity contribution in [1.29, 1.82) is 0 Å². The highest BCUT2D eigenvalue weighted by molar-refractivity contribution is 4.99. The van der Waals surface area contributed by atoms with Gasteiger partial charge < -0.3 is 5.73 Å². The molecule has 1 aliphatic carbocycles. The third-order valence-corrected chi connectivity index (χ3v) is 3.86. The van der Waals surface area contributed by atoms with E-state index in [9.17, 15) is 0 Å². The molecule has 0 aromatic carbocycles. The molecule has 2 heteroatoms. The fourth-order valence-electron chi connectivity index (χ4n) is 2.74. The molecule has 84 valence electrons. The monoisotopic (exact) mass is 198 g/mol. The fourth-order valence-corrected chi connectivity index (χ4v) is 2.74. The van der Waals surface area contributed by atoms with Crippen molar-refractivity contribution in [3.8, 4) is 0 Å². The Hall–Kier alpha value is -0.0800. The molecule has 0 saturated heterocycles. The molecule has 2 nitrogen and oxygen atoms in total. The number of likely N-dealkylation sites (N-methyl/N-ethyl adjacent to an activating group) is 1. The summed E-state index contributed by atoms with van der Waals surface area (Å²) in [4.78, 5) is 2.54. The van der Waals surface area contributed by atoms with Gasteiger partial charge in [0.1, 0.15) is 0 Å². The Balaban J connectivity index is 2.70. The molecular weight excluding hydrogens is 172 g/mol. The van der Waals surface area contributed by atoms with Crippen LogP contribution in [0, 0.1) is 5.41 Å². The molecule has 0 radical (unpaired) electrons. The smallest absolute Gasteiger partial charge is 0.0255 e. The summed E-state index contributed by atoms with van der Waals surface area (Å²) >= 11 is 0. The van der Waals surface area contributed by atoms with Gasteiger partial charge in [-0.2, -0.15) is 0 Å². The normalized spacial score (nSPS) is 31.7. The zero-order valence-electron chi connectivity index (χ0n) is 10.4. The molecule has 1 rings (SSSR count). The van der Waals surface area contributed by atoms with E-state index in [1.165, 1.54) is 12.8 Å². The molecule has 0 bridgehead atoms. The Morgan fingerprint density at radius 1 is 1.43 bits per heavy atom. The van der Waals surface area contributed by atoms with E-state index < -0.39 is 0 Å². The van der Waals surface area contributed by atoms with Crippen molar-refractivity contribution in [2.45, 2.75) is 65.6 Å². The predicted octanol–water partition coefficient (Wildman–Crippen LogP) is 2.23. The Bertz CT molecular complexity index is 187. The Morgan fingerprint density at radius 2 is 2.00 bits per heavy atom. The van der Waals surface area contributed by atoms with Crippen LogP contribution in [0.4, 0.5) is 0 Å². The van der Waals surface area contributed by atoms with Crippen LogP contribution in [0.25, 0.3) is 0 Å². The minimum atomic E-state index is 0.326. The van der Waals surface area contributed by atoms with Crippen molar-refractivity contribution in [2.24, 2.45) is 11.1 Å². The molecule has 0 amide bonds. The van der Waals surface area contributed by atoms with Gasteiger partial charge in [-0.25, -0.2) is 0 Å². The minimum Gasteiger partial charge on any atom is -0.326 e.